The molecular weight excluding hydrogens is 292 g/mol. The zero-order valence-electron chi connectivity index (χ0n) is 12.9. The van der Waals surface area contributed by atoms with E-state index in [1.807, 2.05) is 36.9 Å². The van der Waals surface area contributed by atoms with E-state index >= 15 is 0 Å². The molecule has 0 radical (unpaired) electrons. The van der Waals surface area contributed by atoms with Crippen molar-refractivity contribution in [1.82, 2.24) is 9.97 Å². The smallest absolute Gasteiger partial charge is 0.285 e. The van der Waals surface area contributed by atoms with Gasteiger partial charge in [-0.15, -0.1) is 0 Å². The van der Waals surface area contributed by atoms with Gasteiger partial charge >= 0.3 is 0 Å². The summed E-state index contributed by atoms with van der Waals surface area (Å²) in [5.74, 6) is 1.27. The highest BCUT2D eigenvalue weighted by Crippen LogP contribution is 2.41. The minimum Gasteiger partial charge on any atom is -0.711 e. The standard InChI is InChI=1S/C17H16N4O2/c1-17(2)11-20(16-5-3-4-8-21(16)22)14-9-12-13(10-15(14)23-17)19-7-6-18-12/h3-10H,11H2,1-2H3. The maximum absolute atomic E-state index is 12.2. The first-order valence-corrected chi connectivity index (χ1v) is 7.43. The fraction of sp³-hybridized carbons (Fsp3) is 0.235. The van der Waals surface area contributed by atoms with E-state index in [1.165, 1.54) is 6.20 Å². The lowest BCUT2D eigenvalue weighted by Gasteiger charge is -2.36. The van der Waals surface area contributed by atoms with Crippen LogP contribution in [0, 0.1) is 5.21 Å². The maximum Gasteiger partial charge on any atom is 0.285 e. The summed E-state index contributed by atoms with van der Waals surface area (Å²) in [6.45, 7) is 4.57. The van der Waals surface area contributed by atoms with Crippen molar-refractivity contribution in [2.24, 2.45) is 0 Å². The summed E-state index contributed by atoms with van der Waals surface area (Å²) in [4.78, 5) is 10.6. The normalized spacial score (nSPS) is 16.0. The molecule has 4 rings (SSSR count). The van der Waals surface area contributed by atoms with Crippen LogP contribution in [0.5, 0.6) is 5.75 Å². The molecule has 6 heteroatoms. The number of fused-ring (bicyclic) bond motifs is 2. The minimum absolute atomic E-state index is 0.425. The summed E-state index contributed by atoms with van der Waals surface area (Å²) < 4.78 is 6.97. The van der Waals surface area contributed by atoms with Crippen molar-refractivity contribution in [1.29, 1.82) is 0 Å². The van der Waals surface area contributed by atoms with Crippen LogP contribution in [-0.4, -0.2) is 22.1 Å². The van der Waals surface area contributed by atoms with Crippen LogP contribution in [0.3, 0.4) is 0 Å². The van der Waals surface area contributed by atoms with Crippen LogP contribution in [0.4, 0.5) is 11.5 Å². The van der Waals surface area contributed by atoms with Crippen LogP contribution < -0.4 is 14.4 Å². The number of aromatic nitrogens is 3. The third-order valence-corrected chi connectivity index (χ3v) is 3.85. The zero-order chi connectivity index (χ0) is 16.0. The van der Waals surface area contributed by atoms with Gasteiger partial charge in [-0.2, -0.15) is 0 Å². The van der Waals surface area contributed by atoms with Gasteiger partial charge in [-0.05, 0) is 19.9 Å². The lowest BCUT2D eigenvalue weighted by atomic mass is 10.0. The van der Waals surface area contributed by atoms with Crippen molar-refractivity contribution in [2.45, 2.75) is 19.4 Å². The first-order valence-electron chi connectivity index (χ1n) is 7.43. The quantitative estimate of drug-likeness (QED) is 0.510. The second kappa shape index (κ2) is 4.81. The van der Waals surface area contributed by atoms with Crippen LogP contribution in [-0.2, 0) is 0 Å². The van der Waals surface area contributed by atoms with Crippen molar-refractivity contribution in [2.75, 3.05) is 11.4 Å². The lowest BCUT2D eigenvalue weighted by molar-refractivity contribution is -0.592. The third kappa shape index (κ3) is 2.32. The molecular formula is C17H16N4O2. The Balaban J connectivity index is 1.95. The molecule has 3 heterocycles. The zero-order valence-corrected chi connectivity index (χ0v) is 12.9. The number of ether oxygens (including phenoxy) is 1. The molecule has 1 aliphatic heterocycles. The maximum atomic E-state index is 12.2. The molecule has 0 N–H and O–H groups in total. The van der Waals surface area contributed by atoms with Gasteiger partial charge in [0.25, 0.3) is 5.82 Å². The molecule has 6 nitrogen and oxygen atoms in total. The molecule has 3 aromatic rings. The molecule has 1 aromatic carbocycles. The number of nitrogens with zero attached hydrogens (tertiary/aromatic N) is 4. The van der Waals surface area contributed by atoms with Gasteiger partial charge in [0.05, 0.1) is 17.2 Å². The predicted molar refractivity (Wildman–Crippen MR) is 86.7 cm³/mol. The van der Waals surface area contributed by atoms with E-state index < -0.39 is 5.60 Å². The SMILES string of the molecule is CC1(C)CN(c2cccc[n+]2[O-])c2cc3nccnc3cc2O1. The summed E-state index contributed by atoms with van der Waals surface area (Å²) in [5, 5.41) is 12.2. The molecule has 0 bridgehead atoms. The Morgan fingerprint density at radius 2 is 1.91 bits per heavy atom. The average molecular weight is 308 g/mol. The first kappa shape index (κ1) is 13.8. The number of pyridine rings is 1. The van der Waals surface area contributed by atoms with E-state index in [2.05, 4.69) is 9.97 Å². The largest absolute Gasteiger partial charge is 0.711 e. The monoisotopic (exact) mass is 308 g/mol. The Morgan fingerprint density at radius 3 is 2.65 bits per heavy atom. The Bertz CT molecular complexity index is 895. The number of hydrogen-bond donors (Lipinski definition) is 0. The van der Waals surface area contributed by atoms with Crippen LogP contribution in [0.1, 0.15) is 13.8 Å². The Morgan fingerprint density at radius 1 is 1.17 bits per heavy atom. The van der Waals surface area contributed by atoms with Crippen molar-refractivity contribution in [3.63, 3.8) is 0 Å². The van der Waals surface area contributed by atoms with Crippen molar-refractivity contribution < 1.29 is 9.47 Å². The molecule has 0 fully saturated rings. The van der Waals surface area contributed by atoms with Crippen LogP contribution in [0.2, 0.25) is 0 Å². The van der Waals surface area contributed by atoms with Crippen molar-refractivity contribution >= 4 is 22.5 Å². The molecule has 0 saturated carbocycles. The lowest BCUT2D eigenvalue weighted by Crippen LogP contribution is -2.48. The molecule has 116 valence electrons. The molecule has 0 atom stereocenters. The molecule has 2 aromatic heterocycles. The molecule has 0 spiro atoms. The second-order valence-electron chi connectivity index (χ2n) is 6.20. The molecule has 0 saturated heterocycles. The van der Waals surface area contributed by atoms with E-state index in [0.717, 1.165) is 21.5 Å². The third-order valence-electron chi connectivity index (χ3n) is 3.85. The fourth-order valence-electron chi connectivity index (χ4n) is 2.90. The Hall–Kier alpha value is -2.89. The molecule has 23 heavy (non-hydrogen) atoms. The van der Waals surface area contributed by atoms with Gasteiger partial charge in [0.1, 0.15) is 12.1 Å². The van der Waals surface area contributed by atoms with Gasteiger partial charge in [0, 0.05) is 30.6 Å². The van der Waals surface area contributed by atoms with Crippen LogP contribution >= 0.6 is 0 Å². The topological polar surface area (TPSA) is 65.2 Å². The van der Waals surface area contributed by atoms with E-state index in [0.29, 0.717) is 18.1 Å². The van der Waals surface area contributed by atoms with E-state index in [-0.39, 0.29) is 0 Å². The minimum atomic E-state index is -0.425. The van der Waals surface area contributed by atoms with Gasteiger partial charge < -0.3 is 9.94 Å². The fourth-order valence-corrected chi connectivity index (χ4v) is 2.90. The molecule has 0 amide bonds. The molecule has 0 unspecified atom stereocenters. The number of anilines is 2. The first-order chi connectivity index (χ1) is 11.0. The molecule has 1 aliphatic rings. The number of hydrogen-bond acceptors (Lipinski definition) is 5. The van der Waals surface area contributed by atoms with Gasteiger partial charge in [-0.3, -0.25) is 9.97 Å². The summed E-state index contributed by atoms with van der Waals surface area (Å²) in [6.07, 6.45) is 4.81. The van der Waals surface area contributed by atoms with Gasteiger partial charge in [0.2, 0.25) is 0 Å². The van der Waals surface area contributed by atoms with Gasteiger partial charge in [-0.25, -0.2) is 9.63 Å². The van der Waals surface area contributed by atoms with Gasteiger partial charge in [-0.1, -0.05) is 6.07 Å². The average Bonchev–Trinajstić information content (AvgIpc) is 2.52. The number of benzene rings is 1. The summed E-state index contributed by atoms with van der Waals surface area (Å²) in [5.41, 5.74) is 1.94. The van der Waals surface area contributed by atoms with E-state index in [1.54, 1.807) is 24.5 Å². The highest BCUT2D eigenvalue weighted by molar-refractivity contribution is 5.85. The Labute approximate surface area is 133 Å². The summed E-state index contributed by atoms with van der Waals surface area (Å²) >= 11 is 0. The number of rotatable bonds is 1. The highest BCUT2D eigenvalue weighted by atomic mass is 16.5. The van der Waals surface area contributed by atoms with E-state index in [4.69, 9.17) is 4.74 Å². The highest BCUT2D eigenvalue weighted by Gasteiger charge is 2.38. The predicted octanol–water partition coefficient (Wildman–Crippen LogP) is 2.57. The van der Waals surface area contributed by atoms with Gasteiger partial charge in [0.15, 0.2) is 11.4 Å². The van der Waals surface area contributed by atoms with Crippen molar-refractivity contribution in [3.8, 4) is 5.75 Å². The molecule has 0 aliphatic carbocycles. The van der Waals surface area contributed by atoms with Crippen LogP contribution in [0.25, 0.3) is 11.0 Å². The van der Waals surface area contributed by atoms with E-state index in [9.17, 15) is 5.21 Å². The second-order valence-corrected chi connectivity index (χ2v) is 6.20. The van der Waals surface area contributed by atoms with Crippen LogP contribution in [0.15, 0.2) is 48.9 Å². The van der Waals surface area contributed by atoms with Crippen molar-refractivity contribution in [3.05, 3.63) is 54.1 Å². The Kier molecular flexibility index (Phi) is 2.87. The summed E-state index contributed by atoms with van der Waals surface area (Å²) in [6, 6.07) is 9.17. The summed E-state index contributed by atoms with van der Waals surface area (Å²) in [7, 11) is 0.